The molecule has 0 aliphatic heterocycles. The van der Waals surface area contributed by atoms with Crippen molar-refractivity contribution in [2.24, 2.45) is 0 Å². The zero-order chi connectivity index (χ0) is 9.84. The summed E-state index contributed by atoms with van der Waals surface area (Å²) in [6, 6.07) is 1.16. The second-order valence-corrected chi connectivity index (χ2v) is 2.61. The first-order valence-corrected chi connectivity index (χ1v) is 3.94. The number of hydrogen-bond donors (Lipinski definition) is 0. The van der Waals surface area contributed by atoms with Crippen molar-refractivity contribution in [2.45, 2.75) is 6.61 Å². The van der Waals surface area contributed by atoms with Gasteiger partial charge in [0.05, 0.1) is 13.2 Å². The second kappa shape index (κ2) is 4.31. The highest BCUT2D eigenvalue weighted by Crippen LogP contribution is 2.19. The Kier molecular flexibility index (Phi) is 3.35. The number of nitrogens with zero attached hydrogens (tertiary/aromatic N) is 2. The van der Waals surface area contributed by atoms with Crippen molar-refractivity contribution in [1.29, 1.82) is 0 Å². The summed E-state index contributed by atoms with van der Waals surface area (Å²) in [5, 5.41) is 0. The van der Waals surface area contributed by atoms with Gasteiger partial charge < -0.3 is 9.47 Å². The van der Waals surface area contributed by atoms with E-state index in [1.54, 1.807) is 0 Å². The molecule has 0 saturated heterocycles. The summed E-state index contributed by atoms with van der Waals surface area (Å²) < 4.78 is 32.4. The third-order valence-electron chi connectivity index (χ3n) is 1.07. The van der Waals surface area contributed by atoms with E-state index in [0.717, 1.165) is 6.07 Å². The first kappa shape index (κ1) is 10.1. The van der Waals surface area contributed by atoms with Crippen LogP contribution >= 0.6 is 15.9 Å². The van der Waals surface area contributed by atoms with Gasteiger partial charge in [-0.05, 0) is 15.9 Å². The Bertz CT molecular complexity index is 298. The molecular formula is C6H5BrF2N2O2. The average Bonchev–Trinajstić information content (AvgIpc) is 2.01. The maximum Gasteiger partial charge on any atom is 0.388 e. The van der Waals surface area contributed by atoms with Crippen molar-refractivity contribution in [3.05, 3.63) is 10.8 Å². The Labute approximate surface area is 81.0 Å². The van der Waals surface area contributed by atoms with E-state index in [0.29, 0.717) is 0 Å². The quantitative estimate of drug-likeness (QED) is 0.773. The molecule has 72 valence electrons. The normalized spacial score (nSPS) is 10.2. The molecule has 13 heavy (non-hydrogen) atoms. The standard InChI is InChI=1S/C6H5BrF2N2O2/c1-12-3-2-4(13-6(8)9)11-5(7)10-3/h2,6H,1H3. The Morgan fingerprint density at radius 2 is 2.00 bits per heavy atom. The van der Waals surface area contributed by atoms with E-state index in [1.807, 2.05) is 0 Å². The number of aromatic nitrogens is 2. The summed E-state index contributed by atoms with van der Waals surface area (Å²) in [6.45, 7) is -2.91. The lowest BCUT2D eigenvalue weighted by molar-refractivity contribution is -0.0531. The Morgan fingerprint density at radius 1 is 1.38 bits per heavy atom. The first-order valence-electron chi connectivity index (χ1n) is 3.15. The van der Waals surface area contributed by atoms with E-state index in [9.17, 15) is 8.78 Å². The van der Waals surface area contributed by atoms with Gasteiger partial charge in [0.1, 0.15) is 0 Å². The molecule has 0 aromatic carbocycles. The molecule has 1 aromatic rings. The molecule has 0 fully saturated rings. The third kappa shape index (κ3) is 3.10. The van der Waals surface area contributed by atoms with Gasteiger partial charge in [0.25, 0.3) is 0 Å². The number of alkyl halides is 2. The number of halogens is 3. The van der Waals surface area contributed by atoms with Gasteiger partial charge in [-0.1, -0.05) is 0 Å². The number of methoxy groups -OCH3 is 1. The van der Waals surface area contributed by atoms with E-state index >= 15 is 0 Å². The molecular weight excluding hydrogens is 250 g/mol. The van der Waals surface area contributed by atoms with Gasteiger partial charge >= 0.3 is 6.61 Å². The minimum Gasteiger partial charge on any atom is -0.481 e. The van der Waals surface area contributed by atoms with Crippen LogP contribution in [0.3, 0.4) is 0 Å². The fraction of sp³-hybridized carbons (Fsp3) is 0.333. The van der Waals surface area contributed by atoms with Crippen molar-refractivity contribution >= 4 is 15.9 Å². The van der Waals surface area contributed by atoms with E-state index in [1.165, 1.54) is 7.11 Å². The van der Waals surface area contributed by atoms with Crippen LogP contribution in [0.15, 0.2) is 10.8 Å². The fourth-order valence-corrected chi connectivity index (χ4v) is 0.983. The highest BCUT2D eigenvalue weighted by molar-refractivity contribution is 9.10. The topological polar surface area (TPSA) is 44.2 Å². The van der Waals surface area contributed by atoms with Crippen LogP contribution in [0, 0.1) is 0 Å². The largest absolute Gasteiger partial charge is 0.481 e. The molecule has 0 bridgehead atoms. The second-order valence-electron chi connectivity index (χ2n) is 1.90. The van der Waals surface area contributed by atoms with Gasteiger partial charge in [-0.2, -0.15) is 18.7 Å². The summed E-state index contributed by atoms with van der Waals surface area (Å²) in [5.41, 5.74) is 0. The van der Waals surface area contributed by atoms with Crippen LogP contribution in [0.4, 0.5) is 8.78 Å². The molecule has 1 heterocycles. The summed E-state index contributed by atoms with van der Waals surface area (Å²) >= 11 is 2.92. The molecule has 0 aliphatic carbocycles. The number of hydrogen-bond acceptors (Lipinski definition) is 4. The predicted molar refractivity (Wildman–Crippen MR) is 42.9 cm³/mol. The molecule has 1 rings (SSSR count). The summed E-state index contributed by atoms with van der Waals surface area (Å²) in [7, 11) is 1.36. The van der Waals surface area contributed by atoms with Gasteiger partial charge in [0.15, 0.2) is 0 Å². The molecule has 0 unspecified atom stereocenters. The highest BCUT2D eigenvalue weighted by atomic mass is 79.9. The predicted octanol–water partition coefficient (Wildman–Crippen LogP) is 1.85. The molecule has 7 heteroatoms. The lowest BCUT2D eigenvalue weighted by atomic mass is 10.6. The number of rotatable bonds is 3. The van der Waals surface area contributed by atoms with Crippen molar-refractivity contribution in [1.82, 2.24) is 9.97 Å². The van der Waals surface area contributed by atoms with Gasteiger partial charge in [0, 0.05) is 0 Å². The maximum atomic E-state index is 11.7. The average molecular weight is 255 g/mol. The SMILES string of the molecule is COc1cc(OC(F)F)nc(Br)n1. The van der Waals surface area contributed by atoms with E-state index in [2.05, 4.69) is 30.6 Å². The van der Waals surface area contributed by atoms with Crippen molar-refractivity contribution < 1.29 is 18.3 Å². The Morgan fingerprint density at radius 3 is 2.54 bits per heavy atom. The Balaban J connectivity index is 2.88. The molecule has 1 aromatic heterocycles. The summed E-state index contributed by atoms with van der Waals surface area (Å²) in [4.78, 5) is 7.26. The lowest BCUT2D eigenvalue weighted by Crippen LogP contribution is -2.04. The zero-order valence-corrected chi connectivity index (χ0v) is 8.09. The zero-order valence-electron chi connectivity index (χ0n) is 6.50. The first-order chi connectivity index (χ1) is 6.11. The van der Waals surface area contributed by atoms with Crippen LogP contribution in [-0.4, -0.2) is 23.7 Å². The molecule has 0 atom stereocenters. The lowest BCUT2D eigenvalue weighted by Gasteiger charge is -2.04. The minimum atomic E-state index is -2.91. The molecule has 0 aliphatic rings. The van der Waals surface area contributed by atoms with Crippen LogP contribution in [-0.2, 0) is 0 Å². The van der Waals surface area contributed by atoms with Crippen LogP contribution in [0.2, 0.25) is 0 Å². The van der Waals surface area contributed by atoms with Crippen molar-refractivity contribution in [2.75, 3.05) is 7.11 Å². The van der Waals surface area contributed by atoms with E-state index < -0.39 is 6.61 Å². The fourth-order valence-electron chi connectivity index (χ4n) is 0.633. The molecule has 0 saturated carbocycles. The van der Waals surface area contributed by atoms with E-state index in [4.69, 9.17) is 4.74 Å². The molecule has 4 nitrogen and oxygen atoms in total. The summed E-state index contributed by atoms with van der Waals surface area (Å²) in [5.74, 6) is -0.0914. The maximum absolute atomic E-state index is 11.7. The minimum absolute atomic E-state index is 0.127. The van der Waals surface area contributed by atoms with Crippen molar-refractivity contribution in [3.63, 3.8) is 0 Å². The molecule has 0 spiro atoms. The monoisotopic (exact) mass is 254 g/mol. The smallest absolute Gasteiger partial charge is 0.388 e. The Hall–Kier alpha value is -0.980. The number of ether oxygens (including phenoxy) is 2. The molecule has 0 N–H and O–H groups in total. The third-order valence-corrected chi connectivity index (χ3v) is 1.43. The highest BCUT2D eigenvalue weighted by Gasteiger charge is 2.08. The van der Waals surface area contributed by atoms with Crippen LogP contribution in [0.25, 0.3) is 0 Å². The van der Waals surface area contributed by atoms with Crippen LogP contribution in [0.5, 0.6) is 11.8 Å². The molecule has 0 amide bonds. The van der Waals surface area contributed by atoms with E-state index in [-0.39, 0.29) is 16.5 Å². The summed E-state index contributed by atoms with van der Waals surface area (Å²) in [6.07, 6.45) is 0. The van der Waals surface area contributed by atoms with Gasteiger partial charge in [0.2, 0.25) is 16.5 Å². The van der Waals surface area contributed by atoms with Gasteiger partial charge in [-0.3, -0.25) is 0 Å². The van der Waals surface area contributed by atoms with Crippen LogP contribution < -0.4 is 9.47 Å². The van der Waals surface area contributed by atoms with Crippen molar-refractivity contribution in [3.8, 4) is 11.8 Å². The van der Waals surface area contributed by atoms with Gasteiger partial charge in [-0.15, -0.1) is 0 Å². The van der Waals surface area contributed by atoms with Gasteiger partial charge in [-0.25, -0.2) is 0 Å². The van der Waals surface area contributed by atoms with Crippen LogP contribution in [0.1, 0.15) is 0 Å². The molecule has 0 radical (unpaired) electrons.